The molecule has 6 heteroatoms. The van der Waals surface area contributed by atoms with Crippen LogP contribution in [0.3, 0.4) is 0 Å². The first kappa shape index (κ1) is 31.9. The molecule has 4 heterocycles. The van der Waals surface area contributed by atoms with Crippen LogP contribution < -0.4 is 0 Å². The number of aromatic nitrogens is 4. The zero-order chi connectivity index (χ0) is 37.5. The predicted molar refractivity (Wildman–Crippen MR) is 236 cm³/mol. The molecule has 266 valence electrons. The van der Waals surface area contributed by atoms with Gasteiger partial charge in [-0.15, -0.1) is 11.3 Å². The lowest BCUT2D eigenvalue weighted by atomic mass is 9.98. The summed E-state index contributed by atoms with van der Waals surface area (Å²) in [5.74, 6) is 1.92. The Morgan fingerprint density at radius 2 is 0.982 bits per heavy atom. The van der Waals surface area contributed by atoms with Crippen LogP contribution in [-0.2, 0) is 0 Å². The highest BCUT2D eigenvalue weighted by atomic mass is 32.1. The molecule has 5 nitrogen and oxygen atoms in total. The monoisotopic (exact) mass is 746 g/mol. The molecule has 0 N–H and O–H groups in total. The van der Waals surface area contributed by atoms with Crippen LogP contribution in [0.1, 0.15) is 0 Å². The first-order valence-electron chi connectivity index (χ1n) is 19.0. The molecule has 4 aromatic heterocycles. The van der Waals surface area contributed by atoms with Crippen LogP contribution in [0.5, 0.6) is 0 Å². The summed E-state index contributed by atoms with van der Waals surface area (Å²) in [5.41, 5.74) is 10.3. The van der Waals surface area contributed by atoms with Gasteiger partial charge in [0.2, 0.25) is 0 Å². The minimum Gasteiger partial charge on any atom is -0.456 e. The fraction of sp³-hybridized carbons (Fsp3) is 0. The van der Waals surface area contributed by atoms with Crippen LogP contribution in [0.25, 0.3) is 115 Å². The van der Waals surface area contributed by atoms with E-state index >= 15 is 0 Å². The first-order valence-corrected chi connectivity index (χ1v) is 19.8. The van der Waals surface area contributed by atoms with E-state index in [1.54, 1.807) is 0 Å². The van der Waals surface area contributed by atoms with Gasteiger partial charge in [0, 0.05) is 59.8 Å². The summed E-state index contributed by atoms with van der Waals surface area (Å²) < 4.78 is 11.3. The highest BCUT2D eigenvalue weighted by Gasteiger charge is 2.23. The van der Waals surface area contributed by atoms with Crippen molar-refractivity contribution in [2.24, 2.45) is 0 Å². The Balaban J connectivity index is 1.17. The molecule has 0 saturated heterocycles. The van der Waals surface area contributed by atoms with E-state index in [9.17, 15) is 0 Å². The largest absolute Gasteiger partial charge is 0.456 e. The van der Waals surface area contributed by atoms with Crippen LogP contribution in [0.2, 0.25) is 0 Å². The van der Waals surface area contributed by atoms with E-state index in [1.807, 2.05) is 59.9 Å². The second kappa shape index (κ2) is 12.6. The molecule has 0 saturated carbocycles. The van der Waals surface area contributed by atoms with Gasteiger partial charge in [0.25, 0.3) is 0 Å². The smallest absolute Gasteiger partial charge is 0.164 e. The van der Waals surface area contributed by atoms with Crippen molar-refractivity contribution in [2.75, 3.05) is 0 Å². The van der Waals surface area contributed by atoms with Gasteiger partial charge in [-0.25, -0.2) is 15.0 Å². The van der Waals surface area contributed by atoms with Crippen LogP contribution in [0.15, 0.2) is 186 Å². The summed E-state index contributed by atoms with van der Waals surface area (Å²) >= 11 is 1.83. The fourth-order valence-electron chi connectivity index (χ4n) is 8.47. The van der Waals surface area contributed by atoms with E-state index in [2.05, 4.69) is 138 Å². The molecule has 0 aliphatic carbocycles. The Morgan fingerprint density at radius 3 is 1.72 bits per heavy atom. The Morgan fingerprint density at radius 1 is 0.386 bits per heavy atom. The van der Waals surface area contributed by atoms with Crippen LogP contribution >= 0.6 is 11.3 Å². The summed E-state index contributed by atoms with van der Waals surface area (Å²) in [7, 11) is 0. The molecular formula is C51H30N4OS. The van der Waals surface area contributed by atoms with Crippen LogP contribution in [0.4, 0.5) is 0 Å². The number of para-hydroxylation sites is 2. The zero-order valence-electron chi connectivity index (χ0n) is 30.4. The third-order valence-electron chi connectivity index (χ3n) is 11.1. The van der Waals surface area contributed by atoms with Gasteiger partial charge in [0.05, 0.1) is 21.4 Å². The Hall–Kier alpha value is -7.41. The second-order valence-electron chi connectivity index (χ2n) is 14.3. The van der Waals surface area contributed by atoms with Crippen molar-refractivity contribution in [3.63, 3.8) is 0 Å². The number of nitrogens with zero attached hydrogens (tertiary/aromatic N) is 4. The minimum atomic E-state index is 0.640. The Bertz CT molecular complexity index is 3460. The van der Waals surface area contributed by atoms with Gasteiger partial charge in [-0.2, -0.15) is 0 Å². The molecular weight excluding hydrogens is 717 g/mol. The summed E-state index contributed by atoms with van der Waals surface area (Å²) in [4.78, 5) is 15.4. The molecule has 12 rings (SSSR count). The Labute approximate surface area is 330 Å². The molecule has 0 radical (unpaired) electrons. The lowest BCUT2D eigenvalue weighted by Crippen LogP contribution is -2.00. The van der Waals surface area contributed by atoms with Gasteiger partial charge in [-0.05, 0) is 41.5 Å². The third kappa shape index (κ3) is 4.98. The maximum absolute atomic E-state index is 6.47. The maximum Gasteiger partial charge on any atom is 0.164 e. The van der Waals surface area contributed by atoms with E-state index in [1.165, 1.54) is 25.7 Å². The lowest BCUT2D eigenvalue weighted by Gasteiger charge is -2.12. The fourth-order valence-corrected chi connectivity index (χ4v) is 9.84. The minimum absolute atomic E-state index is 0.640. The quantitative estimate of drug-likeness (QED) is 0.176. The van der Waals surface area contributed by atoms with Gasteiger partial charge in [0.1, 0.15) is 11.2 Å². The van der Waals surface area contributed by atoms with Crippen molar-refractivity contribution in [3.8, 4) is 51.0 Å². The van der Waals surface area contributed by atoms with E-state index in [0.717, 1.165) is 71.7 Å². The molecule has 0 unspecified atom stereocenters. The molecule has 0 fully saturated rings. The van der Waals surface area contributed by atoms with Crippen LogP contribution in [0, 0.1) is 0 Å². The summed E-state index contributed by atoms with van der Waals surface area (Å²) in [6.07, 6.45) is 0. The Kier molecular flexibility index (Phi) is 7.03. The van der Waals surface area contributed by atoms with Gasteiger partial charge in [-0.1, -0.05) is 146 Å². The van der Waals surface area contributed by atoms with Gasteiger partial charge in [-0.3, -0.25) is 0 Å². The van der Waals surface area contributed by atoms with E-state index in [0.29, 0.717) is 17.5 Å². The first-order chi connectivity index (χ1) is 28.3. The third-order valence-corrected chi connectivity index (χ3v) is 12.3. The highest BCUT2D eigenvalue weighted by Crippen LogP contribution is 2.48. The number of thiophene rings is 1. The average Bonchev–Trinajstić information content (AvgIpc) is 3.96. The van der Waals surface area contributed by atoms with Crippen molar-refractivity contribution in [1.29, 1.82) is 0 Å². The van der Waals surface area contributed by atoms with Crippen LogP contribution in [-0.4, -0.2) is 19.5 Å². The summed E-state index contributed by atoms with van der Waals surface area (Å²) in [6, 6.07) is 63.6. The van der Waals surface area contributed by atoms with Crippen molar-refractivity contribution in [3.05, 3.63) is 182 Å². The predicted octanol–water partition coefficient (Wildman–Crippen LogP) is 13.9. The molecule has 0 aliphatic heterocycles. The molecule has 57 heavy (non-hydrogen) atoms. The normalized spacial score (nSPS) is 11.9. The van der Waals surface area contributed by atoms with E-state index in [-0.39, 0.29) is 0 Å². The molecule has 0 bridgehead atoms. The average molecular weight is 747 g/mol. The molecule has 0 amide bonds. The van der Waals surface area contributed by atoms with Gasteiger partial charge in [0.15, 0.2) is 17.5 Å². The number of benzene rings is 8. The van der Waals surface area contributed by atoms with E-state index < -0.39 is 0 Å². The number of fused-ring (bicyclic) bond motifs is 9. The zero-order valence-corrected chi connectivity index (χ0v) is 31.2. The number of hydrogen-bond donors (Lipinski definition) is 0. The molecule has 8 aromatic carbocycles. The molecule has 0 atom stereocenters. The second-order valence-corrected chi connectivity index (χ2v) is 15.4. The number of furan rings is 1. The van der Waals surface area contributed by atoms with E-state index in [4.69, 9.17) is 19.4 Å². The summed E-state index contributed by atoms with van der Waals surface area (Å²) in [6.45, 7) is 0. The van der Waals surface area contributed by atoms with Crippen molar-refractivity contribution >= 4 is 75.3 Å². The highest BCUT2D eigenvalue weighted by molar-refractivity contribution is 7.27. The molecule has 0 aliphatic rings. The molecule has 0 spiro atoms. The van der Waals surface area contributed by atoms with Crippen molar-refractivity contribution in [2.45, 2.75) is 0 Å². The standard InChI is InChI=1S/C51H30N4OS/c1-4-15-31(16-5-1)34-27-28-38(51-53-49(32-17-6-2-7-18-32)52-50(54-51)33-19-8-3-9-20-33)46-37-23-14-25-42(47(37)57-48(34)46)55-41-24-12-10-21-35(41)39-29-40-36-22-11-13-26-44(36)56-45(40)30-43(39)55/h1-30H. The maximum atomic E-state index is 6.47. The van der Waals surface area contributed by atoms with Gasteiger partial charge < -0.3 is 8.98 Å². The van der Waals surface area contributed by atoms with Crippen molar-refractivity contribution in [1.82, 2.24) is 19.5 Å². The topological polar surface area (TPSA) is 56.7 Å². The van der Waals surface area contributed by atoms with Gasteiger partial charge >= 0.3 is 0 Å². The SMILES string of the molecule is c1ccc(-c2nc(-c3ccccc3)nc(-c3ccc(-c4ccccc4)c4sc5c(-n6c7ccccc7c7cc8c(cc76)oc6ccccc68)cccc5c34)n2)cc1. The summed E-state index contributed by atoms with van der Waals surface area (Å²) in [5, 5.41) is 6.93. The number of hydrogen-bond acceptors (Lipinski definition) is 5. The number of rotatable bonds is 5. The molecule has 12 aromatic rings. The van der Waals surface area contributed by atoms with Crippen molar-refractivity contribution < 1.29 is 4.42 Å². The lowest BCUT2D eigenvalue weighted by molar-refractivity contribution is 0.669.